The molecule has 7 heteroatoms. The van der Waals surface area contributed by atoms with Crippen LogP contribution in [-0.2, 0) is 4.79 Å². The van der Waals surface area contributed by atoms with Crippen LogP contribution in [0.3, 0.4) is 0 Å². The highest BCUT2D eigenvalue weighted by molar-refractivity contribution is 9.10. The summed E-state index contributed by atoms with van der Waals surface area (Å²) in [4.78, 5) is 14.7. The first-order chi connectivity index (χ1) is 11.5. The molecule has 3 rings (SSSR count). The minimum absolute atomic E-state index is 0.0220. The maximum absolute atomic E-state index is 12.7. The Bertz CT molecular complexity index is 867. The standard InChI is InChI=1S/C17H12BrNO3S2/c1-22-14-6-5-10(7-13(14)20)8-15-16(21)19(17(23)24-15)12-4-2-3-11(18)9-12/h2-9,20H,1H3/b15-8+. The number of phenolic OH excluding ortho intramolecular Hbond substituents is 1. The van der Waals surface area contributed by atoms with E-state index in [1.165, 1.54) is 23.8 Å². The van der Waals surface area contributed by atoms with Crippen molar-refractivity contribution >= 4 is 61.9 Å². The van der Waals surface area contributed by atoms with E-state index in [1.54, 1.807) is 24.3 Å². The molecule has 1 aliphatic heterocycles. The van der Waals surface area contributed by atoms with Crippen molar-refractivity contribution < 1.29 is 14.6 Å². The molecule has 1 saturated heterocycles. The van der Waals surface area contributed by atoms with Gasteiger partial charge in [-0.2, -0.15) is 0 Å². The molecular formula is C17H12BrNO3S2. The van der Waals surface area contributed by atoms with Crippen LogP contribution < -0.4 is 9.64 Å². The van der Waals surface area contributed by atoms with E-state index in [1.807, 2.05) is 24.3 Å². The highest BCUT2D eigenvalue weighted by Crippen LogP contribution is 2.37. The molecule has 0 radical (unpaired) electrons. The van der Waals surface area contributed by atoms with Crippen molar-refractivity contribution in [3.63, 3.8) is 0 Å². The summed E-state index contributed by atoms with van der Waals surface area (Å²) in [7, 11) is 1.48. The molecule has 0 aromatic heterocycles. The number of carbonyl (C=O) groups is 1. The Hall–Kier alpha value is -1.83. The Morgan fingerprint density at radius 3 is 2.75 bits per heavy atom. The lowest BCUT2D eigenvalue weighted by atomic mass is 10.2. The molecule has 4 nitrogen and oxygen atoms in total. The SMILES string of the molecule is COc1ccc(/C=C2/SC(=S)N(c3cccc(Br)c3)C2=O)cc1O. The van der Waals surface area contributed by atoms with Crippen LogP contribution in [0, 0.1) is 0 Å². The number of halogens is 1. The molecule has 1 heterocycles. The molecular weight excluding hydrogens is 410 g/mol. The molecule has 24 heavy (non-hydrogen) atoms. The quantitative estimate of drug-likeness (QED) is 0.580. The van der Waals surface area contributed by atoms with Crippen molar-refractivity contribution in [2.24, 2.45) is 0 Å². The fraction of sp³-hybridized carbons (Fsp3) is 0.0588. The first kappa shape index (κ1) is 17.0. The largest absolute Gasteiger partial charge is 0.504 e. The zero-order valence-electron chi connectivity index (χ0n) is 12.5. The molecule has 1 N–H and O–H groups in total. The Labute approximate surface area is 157 Å². The van der Waals surface area contributed by atoms with Gasteiger partial charge in [-0.1, -0.05) is 52.0 Å². The highest BCUT2D eigenvalue weighted by atomic mass is 79.9. The Kier molecular flexibility index (Phi) is 4.93. The van der Waals surface area contributed by atoms with Gasteiger partial charge in [0, 0.05) is 4.47 Å². The fourth-order valence-corrected chi connectivity index (χ4v) is 3.94. The summed E-state index contributed by atoms with van der Waals surface area (Å²) in [5.74, 6) is 0.223. The lowest BCUT2D eigenvalue weighted by molar-refractivity contribution is -0.113. The second-order valence-electron chi connectivity index (χ2n) is 4.93. The summed E-state index contributed by atoms with van der Waals surface area (Å²) >= 11 is 9.98. The molecule has 0 bridgehead atoms. The average Bonchev–Trinajstić information content (AvgIpc) is 2.81. The van der Waals surface area contributed by atoms with Crippen LogP contribution >= 0.6 is 39.9 Å². The van der Waals surface area contributed by atoms with Crippen LogP contribution in [0.4, 0.5) is 5.69 Å². The predicted octanol–water partition coefficient (Wildman–Crippen LogP) is 4.57. The van der Waals surface area contributed by atoms with E-state index >= 15 is 0 Å². The molecule has 0 aliphatic carbocycles. The second kappa shape index (κ2) is 6.96. The summed E-state index contributed by atoms with van der Waals surface area (Å²) in [5, 5.41) is 9.86. The molecule has 0 saturated carbocycles. The zero-order chi connectivity index (χ0) is 17.3. The normalized spacial score (nSPS) is 16.1. The number of hydrogen-bond acceptors (Lipinski definition) is 5. The van der Waals surface area contributed by atoms with Gasteiger partial charge < -0.3 is 9.84 Å². The van der Waals surface area contributed by atoms with Gasteiger partial charge in [-0.05, 0) is 42.0 Å². The number of hydrogen-bond donors (Lipinski definition) is 1. The van der Waals surface area contributed by atoms with E-state index in [0.29, 0.717) is 26.2 Å². The number of carbonyl (C=O) groups excluding carboxylic acids is 1. The van der Waals surface area contributed by atoms with Gasteiger partial charge in [0.1, 0.15) is 0 Å². The minimum atomic E-state index is -0.182. The number of thioether (sulfide) groups is 1. The Morgan fingerprint density at radius 1 is 1.29 bits per heavy atom. The van der Waals surface area contributed by atoms with E-state index < -0.39 is 0 Å². The maximum atomic E-state index is 12.7. The molecule has 1 fully saturated rings. The zero-order valence-corrected chi connectivity index (χ0v) is 15.7. The lowest BCUT2D eigenvalue weighted by Crippen LogP contribution is -2.27. The first-order valence-electron chi connectivity index (χ1n) is 6.90. The van der Waals surface area contributed by atoms with E-state index in [2.05, 4.69) is 15.9 Å². The summed E-state index contributed by atoms with van der Waals surface area (Å²) in [6.45, 7) is 0. The minimum Gasteiger partial charge on any atom is -0.504 e. The number of nitrogens with zero attached hydrogens (tertiary/aromatic N) is 1. The molecule has 122 valence electrons. The number of ether oxygens (including phenoxy) is 1. The van der Waals surface area contributed by atoms with Crippen molar-refractivity contribution in [2.75, 3.05) is 12.0 Å². The number of aromatic hydroxyl groups is 1. The van der Waals surface area contributed by atoms with Gasteiger partial charge in [-0.3, -0.25) is 9.69 Å². The number of benzene rings is 2. The lowest BCUT2D eigenvalue weighted by Gasteiger charge is -2.14. The van der Waals surface area contributed by atoms with Crippen molar-refractivity contribution in [3.05, 3.63) is 57.4 Å². The highest BCUT2D eigenvalue weighted by Gasteiger charge is 2.33. The van der Waals surface area contributed by atoms with Gasteiger partial charge in [0.2, 0.25) is 0 Å². The van der Waals surface area contributed by atoms with Crippen molar-refractivity contribution in [2.45, 2.75) is 0 Å². The maximum Gasteiger partial charge on any atom is 0.270 e. The van der Waals surface area contributed by atoms with Crippen LogP contribution in [0.1, 0.15) is 5.56 Å². The van der Waals surface area contributed by atoms with Gasteiger partial charge >= 0.3 is 0 Å². The van der Waals surface area contributed by atoms with E-state index in [4.69, 9.17) is 17.0 Å². The number of rotatable bonds is 3. The molecule has 2 aromatic carbocycles. The van der Waals surface area contributed by atoms with Crippen LogP contribution in [0.15, 0.2) is 51.8 Å². The molecule has 0 spiro atoms. The summed E-state index contributed by atoms with van der Waals surface area (Å²) in [6, 6.07) is 12.4. The van der Waals surface area contributed by atoms with Gasteiger partial charge in [-0.25, -0.2) is 0 Å². The van der Waals surface area contributed by atoms with Crippen molar-refractivity contribution in [1.29, 1.82) is 0 Å². The first-order valence-corrected chi connectivity index (χ1v) is 8.92. The van der Waals surface area contributed by atoms with Gasteiger partial charge in [0.05, 0.1) is 17.7 Å². The number of phenols is 1. The molecule has 1 amide bonds. The number of methoxy groups -OCH3 is 1. The predicted molar refractivity (Wildman–Crippen MR) is 104 cm³/mol. The molecule has 0 unspecified atom stereocenters. The monoisotopic (exact) mass is 421 g/mol. The van der Waals surface area contributed by atoms with Crippen LogP contribution in [0.25, 0.3) is 6.08 Å². The van der Waals surface area contributed by atoms with Crippen LogP contribution in [-0.4, -0.2) is 22.4 Å². The average molecular weight is 422 g/mol. The van der Waals surface area contributed by atoms with Crippen LogP contribution in [0.5, 0.6) is 11.5 Å². The Balaban J connectivity index is 1.92. The topological polar surface area (TPSA) is 49.8 Å². The second-order valence-corrected chi connectivity index (χ2v) is 7.52. The summed E-state index contributed by atoms with van der Waals surface area (Å²) in [5.41, 5.74) is 1.41. The van der Waals surface area contributed by atoms with Crippen molar-refractivity contribution in [1.82, 2.24) is 0 Å². The van der Waals surface area contributed by atoms with Gasteiger partial charge in [0.15, 0.2) is 15.8 Å². The van der Waals surface area contributed by atoms with E-state index in [9.17, 15) is 9.90 Å². The fourth-order valence-electron chi connectivity index (χ4n) is 2.25. The number of amides is 1. The third-order valence-corrected chi connectivity index (χ3v) is 5.16. The molecule has 2 aromatic rings. The third kappa shape index (κ3) is 3.33. The number of anilines is 1. The van der Waals surface area contributed by atoms with Gasteiger partial charge in [-0.15, -0.1) is 0 Å². The molecule has 0 atom stereocenters. The van der Waals surface area contributed by atoms with Crippen LogP contribution in [0.2, 0.25) is 0 Å². The summed E-state index contributed by atoms with van der Waals surface area (Å²) < 4.78 is 6.37. The number of thiocarbonyl (C=S) groups is 1. The van der Waals surface area contributed by atoms with E-state index in [-0.39, 0.29) is 11.7 Å². The van der Waals surface area contributed by atoms with Gasteiger partial charge in [0.25, 0.3) is 5.91 Å². The Morgan fingerprint density at radius 2 is 2.08 bits per heavy atom. The molecule has 1 aliphatic rings. The van der Waals surface area contributed by atoms with Crippen molar-refractivity contribution in [3.8, 4) is 11.5 Å². The summed E-state index contributed by atoms with van der Waals surface area (Å²) in [6.07, 6.45) is 1.70. The smallest absolute Gasteiger partial charge is 0.270 e. The third-order valence-electron chi connectivity index (χ3n) is 3.36. The van der Waals surface area contributed by atoms with E-state index in [0.717, 1.165) is 4.47 Å².